The van der Waals surface area contributed by atoms with E-state index in [0.29, 0.717) is 34.9 Å². The summed E-state index contributed by atoms with van der Waals surface area (Å²) in [5, 5.41) is 7.11. The first-order chi connectivity index (χ1) is 19.0. The van der Waals surface area contributed by atoms with Crippen LogP contribution in [0.15, 0.2) is 83.4 Å². The van der Waals surface area contributed by atoms with Crippen molar-refractivity contribution in [3.8, 4) is 11.5 Å². The first-order valence-electron chi connectivity index (χ1n) is 13.2. The van der Waals surface area contributed by atoms with Crippen molar-refractivity contribution in [2.45, 2.75) is 31.5 Å². The molecule has 0 aliphatic carbocycles. The number of ether oxygens (including phenoxy) is 1. The Morgan fingerprint density at radius 3 is 2.45 bits per heavy atom. The highest BCUT2D eigenvalue weighted by Crippen LogP contribution is 2.38. The zero-order valence-electron chi connectivity index (χ0n) is 21.7. The number of piperidine rings is 3. The van der Waals surface area contributed by atoms with E-state index in [1.807, 2.05) is 36.4 Å². The Hall–Kier alpha value is -3.82. The first kappa shape index (κ1) is 27.7. The van der Waals surface area contributed by atoms with Crippen molar-refractivity contribution in [2.75, 3.05) is 25.0 Å². The smallest absolute Gasteiger partial charge is 0.333 e. The van der Waals surface area contributed by atoms with Gasteiger partial charge in [-0.3, -0.25) is 0 Å². The minimum Gasteiger partial charge on any atom is -1.00 e. The average Bonchev–Trinajstić information content (AvgIpc) is 3.43. The summed E-state index contributed by atoms with van der Waals surface area (Å²) in [7, 11) is 0. The maximum absolute atomic E-state index is 14.5. The minimum absolute atomic E-state index is 0. The third kappa shape index (κ3) is 5.85. The standard InChI is InChI=1S/C30H29F2N4O3.ClH/c31-23-11-12-24(32)25(17-23)33-28(21-7-3-1-4-8-21)30(37)38-26-18-36(15-13-20(26)14-16-36)19-27-34-29(39-35-27)22-9-5-2-6-10-22;/h1-12,17,20,26,28,33H,13-16,18-19H2;1H/q+1;/p-1/t20?,26-,28?,36?;/m0./s1. The first-order valence-corrected chi connectivity index (χ1v) is 13.2. The molecule has 3 aliphatic heterocycles. The Kier molecular flexibility index (Phi) is 8.14. The maximum atomic E-state index is 14.5. The minimum atomic E-state index is -0.989. The normalized spacial score (nSPS) is 22.2. The van der Waals surface area contributed by atoms with Gasteiger partial charge in [-0.15, -0.1) is 0 Å². The van der Waals surface area contributed by atoms with Gasteiger partial charge in [0.15, 0.2) is 12.1 Å². The molecule has 3 aliphatic rings. The van der Waals surface area contributed by atoms with Gasteiger partial charge in [-0.2, -0.15) is 4.98 Å². The van der Waals surface area contributed by atoms with E-state index < -0.39 is 23.6 Å². The molecule has 1 N–H and O–H groups in total. The van der Waals surface area contributed by atoms with Gasteiger partial charge in [0.1, 0.15) is 24.7 Å². The molecular weight excluding hydrogens is 538 g/mol. The van der Waals surface area contributed by atoms with E-state index in [1.54, 1.807) is 24.3 Å². The number of fused-ring (bicyclic) bond motifs is 3. The molecule has 4 aromatic rings. The Balaban J connectivity index is 0.00000323. The molecule has 0 radical (unpaired) electrons. The maximum Gasteiger partial charge on any atom is 0.333 e. The molecule has 7 rings (SSSR count). The van der Waals surface area contributed by atoms with Crippen molar-refractivity contribution < 1.29 is 39.7 Å². The van der Waals surface area contributed by atoms with E-state index in [2.05, 4.69) is 15.5 Å². The largest absolute Gasteiger partial charge is 1.00 e. The highest BCUT2D eigenvalue weighted by Gasteiger charge is 2.48. The molecule has 2 atom stereocenters. The van der Waals surface area contributed by atoms with Crippen molar-refractivity contribution in [1.29, 1.82) is 0 Å². The molecule has 3 fully saturated rings. The van der Waals surface area contributed by atoms with Gasteiger partial charge in [-0.1, -0.05) is 53.7 Å². The number of hydrogen-bond acceptors (Lipinski definition) is 6. The molecule has 4 heterocycles. The zero-order chi connectivity index (χ0) is 26.8. The van der Waals surface area contributed by atoms with E-state index in [9.17, 15) is 13.6 Å². The number of aromatic nitrogens is 2. The van der Waals surface area contributed by atoms with Crippen molar-refractivity contribution >= 4 is 11.7 Å². The molecule has 7 nitrogen and oxygen atoms in total. The van der Waals surface area contributed by atoms with Gasteiger partial charge in [-0.25, -0.2) is 13.6 Å². The average molecular weight is 567 g/mol. The third-order valence-electron chi connectivity index (χ3n) is 7.87. The van der Waals surface area contributed by atoms with Gasteiger partial charge in [0.25, 0.3) is 5.89 Å². The number of hydrogen-bond donors (Lipinski definition) is 1. The molecule has 3 aromatic carbocycles. The number of quaternary nitrogens is 1. The lowest BCUT2D eigenvalue weighted by atomic mass is 9.83. The van der Waals surface area contributed by atoms with Crippen LogP contribution in [0.25, 0.3) is 11.5 Å². The highest BCUT2D eigenvalue weighted by molar-refractivity contribution is 5.81. The van der Waals surface area contributed by atoms with Crippen LogP contribution in [-0.2, 0) is 16.1 Å². The predicted octanol–water partition coefficient (Wildman–Crippen LogP) is 2.52. The summed E-state index contributed by atoms with van der Waals surface area (Å²) in [6, 6.07) is 20.7. The topological polar surface area (TPSA) is 77.2 Å². The van der Waals surface area contributed by atoms with Crippen LogP contribution in [0.5, 0.6) is 0 Å². The van der Waals surface area contributed by atoms with Crippen molar-refractivity contribution in [2.24, 2.45) is 5.92 Å². The molecule has 40 heavy (non-hydrogen) atoms. The van der Waals surface area contributed by atoms with Gasteiger partial charge in [0, 0.05) is 24.3 Å². The van der Waals surface area contributed by atoms with Crippen LogP contribution in [0.2, 0.25) is 0 Å². The summed E-state index contributed by atoms with van der Waals surface area (Å²) in [6.07, 6.45) is 1.54. The predicted molar refractivity (Wildman–Crippen MR) is 140 cm³/mol. The van der Waals surface area contributed by atoms with E-state index in [0.717, 1.165) is 49.7 Å². The van der Waals surface area contributed by atoms with Crippen LogP contribution in [0, 0.1) is 17.6 Å². The lowest BCUT2D eigenvalue weighted by Crippen LogP contribution is -3.00. The second-order valence-electron chi connectivity index (χ2n) is 10.4. The van der Waals surface area contributed by atoms with Crippen LogP contribution < -0.4 is 17.7 Å². The zero-order valence-corrected chi connectivity index (χ0v) is 22.4. The molecule has 1 unspecified atom stereocenters. The Labute approximate surface area is 237 Å². The second-order valence-corrected chi connectivity index (χ2v) is 10.4. The molecule has 1 aromatic heterocycles. The number of nitrogens with zero attached hydrogens (tertiary/aromatic N) is 3. The van der Waals surface area contributed by atoms with E-state index in [-0.39, 0.29) is 30.1 Å². The molecule has 10 heteroatoms. The van der Waals surface area contributed by atoms with Crippen molar-refractivity contribution in [3.05, 3.63) is 102 Å². The van der Waals surface area contributed by atoms with Gasteiger partial charge < -0.3 is 31.5 Å². The number of anilines is 1. The molecular formula is C30H29ClF2N4O3. The summed E-state index contributed by atoms with van der Waals surface area (Å²) in [5.74, 6) is -0.397. The van der Waals surface area contributed by atoms with E-state index in [4.69, 9.17) is 9.26 Å². The quantitative estimate of drug-likeness (QED) is 0.261. The molecule has 208 valence electrons. The molecule has 0 spiro atoms. The van der Waals surface area contributed by atoms with E-state index in [1.165, 1.54) is 0 Å². The number of esters is 1. The molecule has 2 bridgehead atoms. The number of carbonyl (C=O) groups excluding carboxylic acids is 1. The van der Waals surface area contributed by atoms with Crippen molar-refractivity contribution in [1.82, 2.24) is 10.1 Å². The van der Waals surface area contributed by atoms with Gasteiger partial charge in [0.05, 0.1) is 18.8 Å². The molecule has 3 saturated heterocycles. The van der Waals surface area contributed by atoms with Gasteiger partial charge in [-0.05, 0) is 35.9 Å². The van der Waals surface area contributed by atoms with Crippen LogP contribution >= 0.6 is 0 Å². The fourth-order valence-electron chi connectivity index (χ4n) is 5.80. The van der Waals surface area contributed by atoms with Gasteiger partial charge >= 0.3 is 5.97 Å². The Morgan fingerprint density at radius 2 is 1.73 bits per heavy atom. The number of rotatable bonds is 8. The van der Waals surface area contributed by atoms with Crippen LogP contribution in [0.1, 0.15) is 30.3 Å². The fraction of sp³-hybridized carbons (Fsp3) is 0.300. The van der Waals surface area contributed by atoms with E-state index >= 15 is 0 Å². The SMILES string of the molecule is O=C(O[C@H]1C[N+]2(Cc3noc(-c4ccccc4)n3)CCC1CC2)C(Nc1cc(F)ccc1F)c1ccccc1.[Cl-]. The lowest BCUT2D eigenvalue weighted by molar-refractivity contribution is -0.958. The summed E-state index contributed by atoms with van der Waals surface area (Å²) in [5.41, 5.74) is 1.38. The highest BCUT2D eigenvalue weighted by atomic mass is 35.5. The Bertz CT molecular complexity index is 1450. The molecule has 0 amide bonds. The summed E-state index contributed by atoms with van der Waals surface area (Å²) >= 11 is 0. The monoisotopic (exact) mass is 566 g/mol. The lowest BCUT2D eigenvalue weighted by Gasteiger charge is -2.51. The van der Waals surface area contributed by atoms with Crippen molar-refractivity contribution in [3.63, 3.8) is 0 Å². The number of nitrogens with one attached hydrogen (secondary N) is 1. The third-order valence-corrected chi connectivity index (χ3v) is 7.87. The summed E-state index contributed by atoms with van der Waals surface area (Å²) in [4.78, 5) is 18.2. The van der Waals surface area contributed by atoms with Crippen LogP contribution in [-0.4, -0.2) is 46.3 Å². The summed E-state index contributed by atoms with van der Waals surface area (Å²) in [6.45, 7) is 3.12. The fourth-order valence-corrected chi connectivity index (χ4v) is 5.80. The molecule has 0 saturated carbocycles. The summed E-state index contributed by atoms with van der Waals surface area (Å²) < 4.78 is 40.7. The number of benzene rings is 3. The Morgan fingerprint density at radius 1 is 1.02 bits per heavy atom. The number of halogens is 3. The van der Waals surface area contributed by atoms with Crippen LogP contribution in [0.3, 0.4) is 0 Å². The van der Waals surface area contributed by atoms with Gasteiger partial charge in [0.2, 0.25) is 5.82 Å². The number of carbonyl (C=O) groups is 1. The second kappa shape index (κ2) is 11.7. The van der Waals surface area contributed by atoms with Crippen LogP contribution in [0.4, 0.5) is 14.5 Å².